The molecule has 1 fully saturated rings. The van der Waals surface area contributed by atoms with Crippen LogP contribution in [0.2, 0.25) is 0 Å². The largest absolute Gasteiger partial charge is 0.343 e. The number of carbonyl (C=O) groups is 2. The van der Waals surface area contributed by atoms with Gasteiger partial charge in [0.05, 0.1) is 0 Å². The fraction of sp³-hybridized carbons (Fsp3) is 0.500. The Balaban J connectivity index is 1.68. The van der Waals surface area contributed by atoms with Gasteiger partial charge in [0.2, 0.25) is 5.91 Å². The molecule has 2 amide bonds. The second-order valence-electron chi connectivity index (χ2n) is 8.52. The Kier molecular flexibility index (Phi) is 6.71. The summed E-state index contributed by atoms with van der Waals surface area (Å²) in [6.07, 6.45) is 2.56. The Morgan fingerprint density at radius 1 is 1.07 bits per heavy atom. The molecule has 0 atom stereocenters. The topological polar surface area (TPSA) is 40.6 Å². The van der Waals surface area contributed by atoms with Gasteiger partial charge in [-0.1, -0.05) is 51.1 Å². The molecule has 1 aliphatic heterocycles. The van der Waals surface area contributed by atoms with E-state index >= 15 is 0 Å². The van der Waals surface area contributed by atoms with Crippen LogP contribution >= 0.6 is 0 Å². The standard InChI is InChI=1S/C24H32N2O2/c1-18(2)17-26(15-12-23(27)25-13-10-19(3)11-14-25)24(28)22-9-8-20-6-4-5-7-21(20)16-22/h4-9,16,18-19H,10-15,17H2,1-3H3. The summed E-state index contributed by atoms with van der Waals surface area (Å²) in [5.74, 6) is 1.25. The second kappa shape index (κ2) is 9.22. The van der Waals surface area contributed by atoms with Crippen LogP contribution in [0.3, 0.4) is 0 Å². The van der Waals surface area contributed by atoms with E-state index in [4.69, 9.17) is 0 Å². The van der Waals surface area contributed by atoms with E-state index in [0.29, 0.717) is 36.9 Å². The Morgan fingerprint density at radius 2 is 1.75 bits per heavy atom. The average molecular weight is 381 g/mol. The highest BCUT2D eigenvalue weighted by Gasteiger charge is 2.23. The average Bonchev–Trinajstić information content (AvgIpc) is 2.70. The van der Waals surface area contributed by atoms with Crippen molar-refractivity contribution in [2.24, 2.45) is 11.8 Å². The number of rotatable bonds is 6. The van der Waals surface area contributed by atoms with E-state index < -0.39 is 0 Å². The van der Waals surface area contributed by atoms with Crippen molar-refractivity contribution in [2.75, 3.05) is 26.2 Å². The molecule has 4 heteroatoms. The number of carbonyl (C=O) groups excluding carboxylic acids is 2. The maximum Gasteiger partial charge on any atom is 0.253 e. The van der Waals surface area contributed by atoms with Gasteiger partial charge in [-0.2, -0.15) is 0 Å². The summed E-state index contributed by atoms with van der Waals surface area (Å²) in [6.45, 7) is 9.30. The van der Waals surface area contributed by atoms with Crippen molar-refractivity contribution in [1.82, 2.24) is 9.80 Å². The Bertz CT molecular complexity index is 822. The predicted octanol–water partition coefficient (Wildman–Crippen LogP) is 4.59. The van der Waals surface area contributed by atoms with Crippen LogP contribution < -0.4 is 0 Å². The molecule has 0 spiro atoms. The smallest absolute Gasteiger partial charge is 0.253 e. The third-order valence-corrected chi connectivity index (χ3v) is 5.60. The molecular weight excluding hydrogens is 348 g/mol. The molecule has 2 aromatic rings. The van der Waals surface area contributed by atoms with Crippen LogP contribution in [0.5, 0.6) is 0 Å². The quantitative estimate of drug-likeness (QED) is 0.736. The third-order valence-electron chi connectivity index (χ3n) is 5.60. The van der Waals surface area contributed by atoms with Crippen molar-refractivity contribution >= 4 is 22.6 Å². The van der Waals surface area contributed by atoms with Gasteiger partial charge in [-0.3, -0.25) is 9.59 Å². The number of amides is 2. The number of hydrogen-bond acceptors (Lipinski definition) is 2. The lowest BCUT2D eigenvalue weighted by molar-refractivity contribution is -0.132. The first kappa shape index (κ1) is 20.4. The number of hydrogen-bond donors (Lipinski definition) is 0. The summed E-state index contributed by atoms with van der Waals surface area (Å²) in [6, 6.07) is 13.9. The van der Waals surface area contributed by atoms with E-state index in [2.05, 4.69) is 20.8 Å². The van der Waals surface area contributed by atoms with Crippen molar-refractivity contribution in [1.29, 1.82) is 0 Å². The summed E-state index contributed by atoms with van der Waals surface area (Å²) < 4.78 is 0. The van der Waals surface area contributed by atoms with Gasteiger partial charge in [-0.05, 0) is 47.6 Å². The van der Waals surface area contributed by atoms with Gasteiger partial charge >= 0.3 is 0 Å². The van der Waals surface area contributed by atoms with E-state index in [1.54, 1.807) is 0 Å². The van der Waals surface area contributed by atoms with E-state index in [9.17, 15) is 9.59 Å². The van der Waals surface area contributed by atoms with Gasteiger partial charge in [0.15, 0.2) is 0 Å². The molecular formula is C24H32N2O2. The molecule has 0 N–H and O–H groups in total. The molecule has 0 unspecified atom stereocenters. The maximum absolute atomic E-state index is 13.2. The van der Waals surface area contributed by atoms with Gasteiger partial charge in [-0.15, -0.1) is 0 Å². The normalized spacial score (nSPS) is 15.2. The van der Waals surface area contributed by atoms with Gasteiger partial charge in [0.25, 0.3) is 5.91 Å². The van der Waals surface area contributed by atoms with E-state index in [1.807, 2.05) is 52.3 Å². The maximum atomic E-state index is 13.2. The van der Waals surface area contributed by atoms with E-state index in [0.717, 1.165) is 36.7 Å². The zero-order chi connectivity index (χ0) is 20.1. The molecule has 1 saturated heterocycles. The number of piperidine rings is 1. The first-order valence-corrected chi connectivity index (χ1v) is 10.5. The zero-order valence-corrected chi connectivity index (χ0v) is 17.4. The number of benzene rings is 2. The van der Waals surface area contributed by atoms with Crippen molar-refractivity contribution in [3.05, 3.63) is 48.0 Å². The third kappa shape index (κ3) is 5.12. The van der Waals surface area contributed by atoms with E-state index in [1.165, 1.54) is 0 Å². The van der Waals surface area contributed by atoms with Crippen molar-refractivity contribution in [3.8, 4) is 0 Å². The molecule has 0 aliphatic carbocycles. The minimum atomic E-state index is 0.0134. The van der Waals surface area contributed by atoms with Crippen molar-refractivity contribution in [2.45, 2.75) is 40.0 Å². The highest BCUT2D eigenvalue weighted by Crippen LogP contribution is 2.19. The van der Waals surface area contributed by atoms with Gasteiger partial charge in [0, 0.05) is 38.2 Å². The lowest BCUT2D eigenvalue weighted by Gasteiger charge is -2.31. The molecule has 0 bridgehead atoms. The summed E-state index contributed by atoms with van der Waals surface area (Å²) in [7, 11) is 0. The first-order valence-electron chi connectivity index (χ1n) is 10.5. The van der Waals surface area contributed by atoms with Crippen LogP contribution in [0.15, 0.2) is 42.5 Å². The summed E-state index contributed by atoms with van der Waals surface area (Å²) >= 11 is 0. The van der Waals surface area contributed by atoms with Crippen LogP contribution in [0, 0.1) is 11.8 Å². The molecule has 1 aliphatic rings. The minimum absolute atomic E-state index is 0.0134. The summed E-state index contributed by atoms with van der Waals surface area (Å²) in [4.78, 5) is 29.6. The molecule has 2 aromatic carbocycles. The van der Waals surface area contributed by atoms with Crippen LogP contribution in [0.4, 0.5) is 0 Å². The van der Waals surface area contributed by atoms with Crippen LogP contribution in [0.25, 0.3) is 10.8 Å². The second-order valence-corrected chi connectivity index (χ2v) is 8.52. The Labute approximate surface area is 168 Å². The molecule has 1 heterocycles. The zero-order valence-electron chi connectivity index (χ0n) is 17.4. The van der Waals surface area contributed by atoms with Crippen LogP contribution in [0.1, 0.15) is 50.4 Å². The van der Waals surface area contributed by atoms with Crippen molar-refractivity contribution < 1.29 is 9.59 Å². The predicted molar refractivity (Wildman–Crippen MR) is 114 cm³/mol. The minimum Gasteiger partial charge on any atom is -0.343 e. The molecule has 0 radical (unpaired) electrons. The Hall–Kier alpha value is -2.36. The van der Waals surface area contributed by atoms with Gasteiger partial charge in [-0.25, -0.2) is 0 Å². The van der Waals surface area contributed by atoms with Gasteiger partial charge in [0.1, 0.15) is 0 Å². The molecule has 150 valence electrons. The monoisotopic (exact) mass is 380 g/mol. The number of likely N-dealkylation sites (tertiary alicyclic amines) is 1. The van der Waals surface area contributed by atoms with Crippen LogP contribution in [-0.4, -0.2) is 47.8 Å². The first-order chi connectivity index (χ1) is 13.4. The highest BCUT2D eigenvalue weighted by atomic mass is 16.2. The van der Waals surface area contributed by atoms with Crippen molar-refractivity contribution in [3.63, 3.8) is 0 Å². The molecule has 28 heavy (non-hydrogen) atoms. The number of nitrogens with zero attached hydrogens (tertiary/aromatic N) is 2. The summed E-state index contributed by atoms with van der Waals surface area (Å²) in [5.41, 5.74) is 0.693. The lowest BCUT2D eigenvalue weighted by atomic mass is 9.99. The van der Waals surface area contributed by atoms with Gasteiger partial charge < -0.3 is 9.80 Å². The fourth-order valence-corrected chi connectivity index (χ4v) is 3.87. The highest BCUT2D eigenvalue weighted by molar-refractivity contribution is 5.98. The summed E-state index contributed by atoms with van der Waals surface area (Å²) in [5, 5.41) is 2.19. The van der Waals surface area contributed by atoms with Crippen LogP contribution in [-0.2, 0) is 4.79 Å². The molecule has 4 nitrogen and oxygen atoms in total. The lowest BCUT2D eigenvalue weighted by Crippen LogP contribution is -2.41. The number of fused-ring (bicyclic) bond motifs is 1. The molecule has 0 aromatic heterocycles. The molecule has 3 rings (SSSR count). The SMILES string of the molecule is CC(C)CN(CCC(=O)N1CCC(C)CC1)C(=O)c1ccc2ccccc2c1. The van der Waals surface area contributed by atoms with E-state index in [-0.39, 0.29) is 11.8 Å². The molecule has 0 saturated carbocycles. The Morgan fingerprint density at radius 3 is 2.43 bits per heavy atom. The fourth-order valence-electron chi connectivity index (χ4n) is 3.87.